The fourth-order valence-corrected chi connectivity index (χ4v) is 2.60. The number of hydrogen-bond acceptors (Lipinski definition) is 2. The van der Waals surface area contributed by atoms with E-state index >= 15 is 0 Å². The monoisotopic (exact) mass is 308 g/mol. The third kappa shape index (κ3) is 3.88. The Morgan fingerprint density at radius 1 is 1.09 bits per heavy atom. The van der Waals surface area contributed by atoms with E-state index < -0.39 is 0 Å². The van der Waals surface area contributed by atoms with Crippen molar-refractivity contribution in [2.24, 2.45) is 0 Å². The molecule has 1 aromatic carbocycles. The number of imidazole rings is 1. The molecule has 0 aliphatic carbocycles. The molecule has 118 valence electrons. The van der Waals surface area contributed by atoms with Crippen LogP contribution in [0.4, 0.5) is 0 Å². The highest BCUT2D eigenvalue weighted by Gasteiger charge is 2.20. The number of carbonyl (C=O) groups excluding carboxylic acids is 1. The Bertz CT molecular complexity index is 705. The summed E-state index contributed by atoms with van der Waals surface area (Å²) in [4.78, 5) is 16.7. The van der Waals surface area contributed by atoms with Crippen molar-refractivity contribution < 1.29 is 4.79 Å². The maximum atomic E-state index is 12.7. The molecule has 3 aromatic rings. The van der Waals surface area contributed by atoms with Gasteiger partial charge in [-0.2, -0.15) is 0 Å². The number of benzene rings is 1. The molecule has 23 heavy (non-hydrogen) atoms. The van der Waals surface area contributed by atoms with Gasteiger partial charge in [0, 0.05) is 37.9 Å². The number of nitrogens with zero attached hydrogens (tertiary/aromatic N) is 3. The van der Waals surface area contributed by atoms with E-state index in [1.165, 1.54) is 0 Å². The van der Waals surface area contributed by atoms with Gasteiger partial charge in [-0.1, -0.05) is 30.3 Å². The molecule has 3 rings (SSSR count). The van der Waals surface area contributed by atoms with Crippen LogP contribution in [-0.4, -0.2) is 26.6 Å². The quantitative estimate of drug-likeness (QED) is 0.682. The molecule has 1 amide bonds. The highest BCUT2D eigenvalue weighted by atomic mass is 16.2. The Morgan fingerprint density at radius 2 is 1.87 bits per heavy atom. The first-order valence-electron chi connectivity index (χ1n) is 7.75. The molecule has 0 saturated heterocycles. The highest BCUT2D eigenvalue weighted by molar-refractivity contribution is 5.83. The molecule has 0 bridgehead atoms. The number of aryl methyl sites for hydroxylation is 1. The minimum Gasteiger partial charge on any atom is -0.354 e. The van der Waals surface area contributed by atoms with Crippen LogP contribution in [-0.2, 0) is 11.3 Å². The van der Waals surface area contributed by atoms with Crippen LogP contribution >= 0.6 is 0 Å². The normalized spacial score (nSPS) is 12.0. The van der Waals surface area contributed by atoms with Crippen molar-refractivity contribution in [3.8, 4) is 0 Å². The van der Waals surface area contributed by atoms with Crippen molar-refractivity contribution in [1.82, 2.24) is 19.4 Å². The Labute approximate surface area is 135 Å². The van der Waals surface area contributed by atoms with Gasteiger partial charge in [0.25, 0.3) is 0 Å². The zero-order valence-electron chi connectivity index (χ0n) is 12.9. The lowest BCUT2D eigenvalue weighted by molar-refractivity contribution is -0.123. The molecule has 2 aromatic heterocycles. The molecule has 0 aliphatic rings. The topological polar surface area (TPSA) is 51.9 Å². The summed E-state index contributed by atoms with van der Waals surface area (Å²) in [6, 6.07) is 13.4. The third-order valence-electron chi connectivity index (χ3n) is 3.74. The molecular formula is C18H20N4O. The van der Waals surface area contributed by atoms with Crippen molar-refractivity contribution >= 4 is 5.91 Å². The van der Waals surface area contributed by atoms with Gasteiger partial charge in [-0.3, -0.25) is 4.79 Å². The molecule has 0 radical (unpaired) electrons. The molecule has 2 heterocycles. The van der Waals surface area contributed by atoms with E-state index in [0.29, 0.717) is 6.54 Å². The second-order valence-electron chi connectivity index (χ2n) is 5.39. The maximum Gasteiger partial charge on any atom is 0.247 e. The van der Waals surface area contributed by atoms with Gasteiger partial charge in [0.2, 0.25) is 5.91 Å². The molecule has 0 aliphatic heterocycles. The SMILES string of the molecule is O=C(NCCCn1ccnc1)[C@@H](c1ccccc1)n1cccc1. The molecule has 0 unspecified atom stereocenters. The summed E-state index contributed by atoms with van der Waals surface area (Å²) >= 11 is 0. The Hall–Kier alpha value is -2.82. The summed E-state index contributed by atoms with van der Waals surface area (Å²) < 4.78 is 3.94. The number of hydrogen-bond donors (Lipinski definition) is 1. The zero-order valence-corrected chi connectivity index (χ0v) is 12.9. The van der Waals surface area contributed by atoms with Gasteiger partial charge in [0.15, 0.2) is 0 Å². The van der Waals surface area contributed by atoms with Crippen LogP contribution in [0.5, 0.6) is 0 Å². The maximum absolute atomic E-state index is 12.7. The lowest BCUT2D eigenvalue weighted by Gasteiger charge is -2.19. The minimum atomic E-state index is -0.334. The second kappa shape index (κ2) is 7.45. The molecular weight excluding hydrogens is 288 g/mol. The predicted octanol–water partition coefficient (Wildman–Crippen LogP) is 2.48. The summed E-state index contributed by atoms with van der Waals surface area (Å²) in [5.74, 6) is 0.0121. The van der Waals surface area contributed by atoms with Crippen LogP contribution in [0, 0.1) is 0 Å². The van der Waals surface area contributed by atoms with Crippen LogP contribution in [0.2, 0.25) is 0 Å². The van der Waals surface area contributed by atoms with E-state index in [2.05, 4.69) is 10.3 Å². The van der Waals surface area contributed by atoms with Gasteiger partial charge < -0.3 is 14.5 Å². The average molecular weight is 308 g/mol. The summed E-state index contributed by atoms with van der Waals surface area (Å²) in [6.45, 7) is 1.49. The summed E-state index contributed by atoms with van der Waals surface area (Å²) in [5, 5.41) is 3.04. The molecule has 1 atom stereocenters. The fourth-order valence-electron chi connectivity index (χ4n) is 2.60. The highest BCUT2D eigenvalue weighted by Crippen LogP contribution is 2.18. The van der Waals surface area contributed by atoms with E-state index in [-0.39, 0.29) is 11.9 Å². The zero-order chi connectivity index (χ0) is 15.9. The smallest absolute Gasteiger partial charge is 0.247 e. The van der Waals surface area contributed by atoms with Gasteiger partial charge in [0.05, 0.1) is 6.33 Å². The standard InChI is InChI=1S/C18H20N4O/c23-18(20-9-6-11-21-14-10-19-15-21)17(22-12-4-5-13-22)16-7-2-1-3-8-16/h1-5,7-8,10,12-15,17H,6,9,11H2,(H,20,23)/t17-/m1/s1. The van der Waals surface area contributed by atoms with Crippen molar-refractivity contribution in [3.05, 3.63) is 79.1 Å². The molecule has 5 heteroatoms. The van der Waals surface area contributed by atoms with E-state index in [9.17, 15) is 4.79 Å². The van der Waals surface area contributed by atoms with Crippen molar-refractivity contribution in [3.63, 3.8) is 0 Å². The average Bonchev–Trinajstić information content (AvgIpc) is 3.27. The van der Waals surface area contributed by atoms with E-state index in [4.69, 9.17) is 0 Å². The Balaban J connectivity index is 1.62. The Morgan fingerprint density at radius 3 is 2.57 bits per heavy atom. The number of carbonyl (C=O) groups is 1. The van der Waals surface area contributed by atoms with Crippen LogP contribution in [0.3, 0.4) is 0 Å². The van der Waals surface area contributed by atoms with Gasteiger partial charge in [0.1, 0.15) is 6.04 Å². The summed E-state index contributed by atoms with van der Waals surface area (Å²) in [7, 11) is 0. The summed E-state index contributed by atoms with van der Waals surface area (Å²) in [5.41, 5.74) is 0.982. The number of nitrogens with one attached hydrogen (secondary N) is 1. The lowest BCUT2D eigenvalue weighted by atomic mass is 10.1. The van der Waals surface area contributed by atoms with Gasteiger partial charge in [-0.15, -0.1) is 0 Å². The van der Waals surface area contributed by atoms with E-state index in [0.717, 1.165) is 18.5 Å². The van der Waals surface area contributed by atoms with E-state index in [1.807, 2.05) is 70.2 Å². The van der Waals surface area contributed by atoms with Crippen molar-refractivity contribution in [1.29, 1.82) is 0 Å². The largest absolute Gasteiger partial charge is 0.354 e. The van der Waals surface area contributed by atoms with E-state index in [1.54, 1.807) is 12.5 Å². The van der Waals surface area contributed by atoms with Crippen LogP contribution < -0.4 is 5.32 Å². The second-order valence-corrected chi connectivity index (χ2v) is 5.39. The number of rotatable bonds is 7. The van der Waals surface area contributed by atoms with Gasteiger partial charge in [-0.05, 0) is 24.1 Å². The minimum absolute atomic E-state index is 0.0121. The van der Waals surface area contributed by atoms with Crippen LogP contribution in [0.25, 0.3) is 0 Å². The van der Waals surface area contributed by atoms with Gasteiger partial charge in [-0.25, -0.2) is 4.98 Å². The van der Waals surface area contributed by atoms with Crippen LogP contribution in [0.15, 0.2) is 73.6 Å². The van der Waals surface area contributed by atoms with Crippen LogP contribution in [0.1, 0.15) is 18.0 Å². The molecule has 1 N–H and O–H groups in total. The molecule has 5 nitrogen and oxygen atoms in total. The molecule has 0 saturated carbocycles. The molecule has 0 spiro atoms. The number of amides is 1. The van der Waals surface area contributed by atoms with Gasteiger partial charge >= 0.3 is 0 Å². The Kier molecular flexibility index (Phi) is 4.88. The fraction of sp³-hybridized carbons (Fsp3) is 0.222. The van der Waals surface area contributed by atoms with Crippen molar-refractivity contribution in [2.75, 3.05) is 6.54 Å². The predicted molar refractivity (Wildman–Crippen MR) is 88.9 cm³/mol. The first-order valence-corrected chi connectivity index (χ1v) is 7.75. The number of aromatic nitrogens is 3. The van der Waals surface area contributed by atoms with Crippen molar-refractivity contribution in [2.45, 2.75) is 19.0 Å². The summed E-state index contributed by atoms with van der Waals surface area (Å²) in [6.07, 6.45) is 10.2. The first-order chi connectivity index (χ1) is 11.3. The third-order valence-corrected chi connectivity index (χ3v) is 3.74. The first kappa shape index (κ1) is 15.1. The lowest BCUT2D eigenvalue weighted by Crippen LogP contribution is -2.33. The molecule has 0 fully saturated rings.